The van der Waals surface area contributed by atoms with Gasteiger partial charge in [-0.3, -0.25) is 9.48 Å². The van der Waals surface area contributed by atoms with Crippen LogP contribution in [0.4, 0.5) is 0 Å². The number of hydrogen-bond donors (Lipinski definition) is 0. The predicted molar refractivity (Wildman–Crippen MR) is 93.6 cm³/mol. The Morgan fingerprint density at radius 2 is 1.83 bits per heavy atom. The van der Waals surface area contributed by atoms with Gasteiger partial charge in [0.15, 0.2) is 0 Å². The van der Waals surface area contributed by atoms with Crippen LogP contribution in [0.3, 0.4) is 0 Å². The van der Waals surface area contributed by atoms with E-state index in [1.54, 1.807) is 0 Å². The molecule has 3 aromatic rings. The van der Waals surface area contributed by atoms with Gasteiger partial charge in [-0.05, 0) is 24.6 Å². The smallest absolute Gasteiger partial charge is 0.272 e. The lowest BCUT2D eigenvalue weighted by molar-refractivity contribution is 0.0683. The molecule has 0 saturated carbocycles. The summed E-state index contributed by atoms with van der Waals surface area (Å²) >= 11 is 0. The molecule has 2 aromatic carbocycles. The van der Waals surface area contributed by atoms with Crippen LogP contribution in [0.1, 0.15) is 21.6 Å². The van der Waals surface area contributed by atoms with E-state index in [1.807, 2.05) is 46.0 Å². The molecule has 1 aromatic heterocycles. The summed E-state index contributed by atoms with van der Waals surface area (Å²) in [6, 6.07) is 20.2. The van der Waals surface area contributed by atoms with Crippen molar-refractivity contribution in [2.75, 3.05) is 6.54 Å². The normalized spacial score (nSPS) is 13.9. The number of aromatic nitrogens is 2. The third-order valence-corrected chi connectivity index (χ3v) is 4.40. The van der Waals surface area contributed by atoms with Crippen molar-refractivity contribution in [1.82, 2.24) is 14.7 Å². The summed E-state index contributed by atoms with van der Waals surface area (Å²) in [5.74, 6) is 0.0523. The second kappa shape index (κ2) is 5.96. The molecular weight excluding hydrogens is 298 g/mol. The minimum absolute atomic E-state index is 0.0523. The van der Waals surface area contributed by atoms with Gasteiger partial charge < -0.3 is 4.90 Å². The lowest BCUT2D eigenvalue weighted by Gasteiger charge is -2.27. The van der Waals surface area contributed by atoms with Gasteiger partial charge in [-0.2, -0.15) is 5.10 Å². The fourth-order valence-electron chi connectivity index (χ4n) is 3.14. The van der Waals surface area contributed by atoms with E-state index in [2.05, 4.69) is 36.3 Å². The van der Waals surface area contributed by atoms with Crippen LogP contribution in [-0.2, 0) is 13.1 Å². The zero-order valence-corrected chi connectivity index (χ0v) is 13.6. The molecule has 0 bridgehead atoms. The first-order valence-corrected chi connectivity index (χ1v) is 8.19. The second-order valence-corrected chi connectivity index (χ2v) is 6.22. The van der Waals surface area contributed by atoms with Gasteiger partial charge in [-0.15, -0.1) is 0 Å². The van der Waals surface area contributed by atoms with Crippen LogP contribution in [0.25, 0.3) is 11.3 Å². The van der Waals surface area contributed by atoms with Crippen molar-refractivity contribution < 1.29 is 4.79 Å². The van der Waals surface area contributed by atoms with Crippen LogP contribution in [0, 0.1) is 6.92 Å². The standard InChI is InChI=1S/C20H19N3O/c1-15-6-5-9-17(12-15)18-13-19-20(24)22(10-11-23(19)21-18)14-16-7-3-2-4-8-16/h2-9,12-13H,10-11,14H2,1H3. The summed E-state index contributed by atoms with van der Waals surface area (Å²) in [6.45, 7) is 4.13. The van der Waals surface area contributed by atoms with Gasteiger partial charge in [0.2, 0.25) is 0 Å². The van der Waals surface area contributed by atoms with E-state index in [0.717, 1.165) is 23.4 Å². The third kappa shape index (κ3) is 2.71. The van der Waals surface area contributed by atoms with Crippen LogP contribution >= 0.6 is 0 Å². The summed E-state index contributed by atoms with van der Waals surface area (Å²) in [7, 11) is 0. The molecule has 0 fully saturated rings. The van der Waals surface area contributed by atoms with Crippen LogP contribution < -0.4 is 0 Å². The van der Waals surface area contributed by atoms with Gasteiger partial charge in [0, 0.05) is 18.7 Å². The molecule has 24 heavy (non-hydrogen) atoms. The van der Waals surface area contributed by atoms with E-state index in [-0.39, 0.29) is 5.91 Å². The van der Waals surface area contributed by atoms with E-state index < -0.39 is 0 Å². The first-order chi connectivity index (χ1) is 11.7. The molecule has 0 atom stereocenters. The molecular formula is C20H19N3O. The summed E-state index contributed by atoms with van der Waals surface area (Å²) < 4.78 is 1.83. The highest BCUT2D eigenvalue weighted by Crippen LogP contribution is 2.23. The number of hydrogen-bond acceptors (Lipinski definition) is 2. The molecule has 4 heteroatoms. The fourth-order valence-corrected chi connectivity index (χ4v) is 3.14. The zero-order chi connectivity index (χ0) is 16.5. The van der Waals surface area contributed by atoms with Crippen molar-refractivity contribution in [2.45, 2.75) is 20.0 Å². The highest BCUT2D eigenvalue weighted by atomic mass is 16.2. The maximum Gasteiger partial charge on any atom is 0.272 e. The van der Waals surface area contributed by atoms with Crippen molar-refractivity contribution in [3.05, 3.63) is 77.5 Å². The number of fused-ring (bicyclic) bond motifs is 1. The Bertz CT molecular complexity index is 883. The molecule has 0 spiro atoms. The molecule has 1 aliphatic rings. The van der Waals surface area contributed by atoms with Crippen LogP contribution in [-0.4, -0.2) is 27.1 Å². The van der Waals surface area contributed by atoms with E-state index in [1.165, 1.54) is 5.56 Å². The van der Waals surface area contributed by atoms with Crippen molar-refractivity contribution in [2.24, 2.45) is 0 Å². The van der Waals surface area contributed by atoms with Crippen molar-refractivity contribution >= 4 is 5.91 Å². The molecule has 4 rings (SSSR count). The Hall–Kier alpha value is -2.88. The number of nitrogens with zero attached hydrogens (tertiary/aromatic N) is 3. The number of amides is 1. The first kappa shape index (κ1) is 14.7. The Morgan fingerprint density at radius 3 is 2.62 bits per heavy atom. The summed E-state index contributed by atoms with van der Waals surface area (Å²) in [4.78, 5) is 14.7. The predicted octanol–water partition coefficient (Wildman–Crippen LogP) is 3.51. The van der Waals surface area contributed by atoms with E-state index >= 15 is 0 Å². The number of carbonyl (C=O) groups is 1. The highest BCUT2D eigenvalue weighted by molar-refractivity contribution is 5.94. The SMILES string of the molecule is Cc1cccc(-c2cc3n(n2)CCN(Cc2ccccc2)C3=O)c1. The highest BCUT2D eigenvalue weighted by Gasteiger charge is 2.26. The van der Waals surface area contributed by atoms with Gasteiger partial charge in [0.05, 0.1) is 12.2 Å². The summed E-state index contributed by atoms with van der Waals surface area (Å²) in [5.41, 5.74) is 4.94. The molecule has 1 aliphatic heterocycles. The third-order valence-electron chi connectivity index (χ3n) is 4.40. The molecule has 120 valence electrons. The van der Waals surface area contributed by atoms with Gasteiger partial charge >= 0.3 is 0 Å². The van der Waals surface area contributed by atoms with Crippen molar-refractivity contribution in [1.29, 1.82) is 0 Å². The summed E-state index contributed by atoms with van der Waals surface area (Å²) in [6.07, 6.45) is 0. The van der Waals surface area contributed by atoms with Gasteiger partial charge in [-0.1, -0.05) is 54.1 Å². The first-order valence-electron chi connectivity index (χ1n) is 8.19. The quantitative estimate of drug-likeness (QED) is 0.741. The molecule has 4 nitrogen and oxygen atoms in total. The Kier molecular flexibility index (Phi) is 3.65. The molecule has 0 aliphatic carbocycles. The van der Waals surface area contributed by atoms with Crippen molar-refractivity contribution in [3.63, 3.8) is 0 Å². The molecule has 0 radical (unpaired) electrons. The van der Waals surface area contributed by atoms with Gasteiger partial charge in [0.25, 0.3) is 5.91 Å². The largest absolute Gasteiger partial charge is 0.331 e. The monoisotopic (exact) mass is 317 g/mol. The van der Waals surface area contributed by atoms with Crippen LogP contribution in [0.5, 0.6) is 0 Å². The number of carbonyl (C=O) groups excluding carboxylic acids is 1. The Morgan fingerprint density at radius 1 is 1.00 bits per heavy atom. The maximum absolute atomic E-state index is 12.8. The van der Waals surface area contributed by atoms with E-state index in [9.17, 15) is 4.79 Å². The van der Waals surface area contributed by atoms with E-state index in [0.29, 0.717) is 18.8 Å². The number of rotatable bonds is 3. The topological polar surface area (TPSA) is 38.1 Å². The lowest BCUT2D eigenvalue weighted by Crippen LogP contribution is -2.39. The Balaban J connectivity index is 1.61. The van der Waals surface area contributed by atoms with Crippen molar-refractivity contribution in [3.8, 4) is 11.3 Å². The van der Waals surface area contributed by atoms with Crippen LogP contribution in [0.15, 0.2) is 60.7 Å². The second-order valence-electron chi connectivity index (χ2n) is 6.22. The lowest BCUT2D eigenvalue weighted by atomic mass is 10.1. The fraction of sp³-hybridized carbons (Fsp3) is 0.200. The number of benzene rings is 2. The summed E-state index contributed by atoms with van der Waals surface area (Å²) in [5, 5.41) is 4.62. The molecule has 0 unspecified atom stereocenters. The molecule has 0 N–H and O–H groups in total. The van der Waals surface area contributed by atoms with E-state index in [4.69, 9.17) is 0 Å². The van der Waals surface area contributed by atoms with Gasteiger partial charge in [-0.25, -0.2) is 0 Å². The molecule has 0 saturated heterocycles. The Labute approximate surface area is 141 Å². The molecule has 2 heterocycles. The average molecular weight is 317 g/mol. The minimum atomic E-state index is 0.0523. The number of aryl methyl sites for hydroxylation is 1. The minimum Gasteiger partial charge on any atom is -0.331 e. The average Bonchev–Trinajstić information content (AvgIpc) is 3.04. The molecule has 1 amide bonds. The maximum atomic E-state index is 12.8. The van der Waals surface area contributed by atoms with Crippen LogP contribution in [0.2, 0.25) is 0 Å². The van der Waals surface area contributed by atoms with Gasteiger partial charge in [0.1, 0.15) is 5.69 Å². The zero-order valence-electron chi connectivity index (χ0n) is 13.6.